The van der Waals surface area contributed by atoms with Crippen LogP contribution in [-0.4, -0.2) is 18.2 Å². The number of benzene rings is 1. The summed E-state index contributed by atoms with van der Waals surface area (Å²) in [6.07, 6.45) is -4.64. The van der Waals surface area contributed by atoms with Gasteiger partial charge in [0.15, 0.2) is 5.78 Å². The Labute approximate surface area is 109 Å². The molecule has 0 radical (unpaired) electrons. The summed E-state index contributed by atoms with van der Waals surface area (Å²) >= 11 is 8.54. The van der Waals surface area contributed by atoms with Crippen LogP contribution in [0.15, 0.2) is 12.1 Å². The zero-order chi connectivity index (χ0) is 13.2. The fraction of sp³-hybridized carbons (Fsp3) is 0.300. The number of hydrogen-bond acceptors (Lipinski definition) is 2. The summed E-state index contributed by atoms with van der Waals surface area (Å²) in [7, 11) is 1.26. The number of Topliss-reactive ketones (excluding diaryl/α,β-unsaturated/α-hetero) is 1. The van der Waals surface area contributed by atoms with Crippen molar-refractivity contribution in [3.8, 4) is 5.75 Å². The van der Waals surface area contributed by atoms with Crippen LogP contribution in [0.2, 0.25) is 5.02 Å². The fourth-order valence-corrected chi connectivity index (χ4v) is 1.92. The highest BCUT2D eigenvalue weighted by atomic mass is 79.9. The molecule has 94 valence electrons. The third-order valence-electron chi connectivity index (χ3n) is 2.03. The molecule has 7 heteroatoms. The lowest BCUT2D eigenvalue weighted by Gasteiger charge is -2.14. The van der Waals surface area contributed by atoms with Crippen molar-refractivity contribution < 1.29 is 22.7 Å². The Morgan fingerprint density at radius 2 is 2.06 bits per heavy atom. The third kappa shape index (κ3) is 2.93. The lowest BCUT2D eigenvalue weighted by Crippen LogP contribution is -2.15. The standard InChI is InChI=1S/C10H7BrClF3O2/c1-17-7-3-2-5(10(13,14)15)8(9(7)12)6(16)4-11/h2-3H,4H2,1H3. The first-order valence-corrected chi connectivity index (χ1v) is 5.85. The summed E-state index contributed by atoms with van der Waals surface area (Å²) in [4.78, 5) is 11.5. The number of hydrogen-bond donors (Lipinski definition) is 0. The maximum absolute atomic E-state index is 12.7. The molecule has 0 heterocycles. The number of ketones is 1. The molecule has 0 unspecified atom stereocenters. The minimum absolute atomic E-state index is 0.0315. The SMILES string of the molecule is COc1ccc(C(F)(F)F)c(C(=O)CBr)c1Cl. The van der Waals surface area contributed by atoms with Crippen LogP contribution >= 0.6 is 27.5 Å². The van der Waals surface area contributed by atoms with Crippen molar-refractivity contribution >= 4 is 33.3 Å². The van der Waals surface area contributed by atoms with E-state index in [0.29, 0.717) is 0 Å². The van der Waals surface area contributed by atoms with Crippen LogP contribution in [0.1, 0.15) is 15.9 Å². The van der Waals surface area contributed by atoms with Gasteiger partial charge in [-0.2, -0.15) is 13.2 Å². The number of methoxy groups -OCH3 is 1. The maximum atomic E-state index is 12.7. The first-order valence-electron chi connectivity index (χ1n) is 4.35. The molecule has 0 atom stereocenters. The van der Waals surface area contributed by atoms with Crippen molar-refractivity contribution in [2.24, 2.45) is 0 Å². The number of alkyl halides is 4. The Balaban J connectivity index is 3.52. The normalized spacial score (nSPS) is 11.4. The van der Waals surface area contributed by atoms with Gasteiger partial charge in [-0.25, -0.2) is 0 Å². The van der Waals surface area contributed by atoms with E-state index in [-0.39, 0.29) is 16.1 Å². The number of ether oxygens (including phenoxy) is 1. The topological polar surface area (TPSA) is 26.3 Å². The lowest BCUT2D eigenvalue weighted by molar-refractivity contribution is -0.137. The average molecular weight is 332 g/mol. The van der Waals surface area contributed by atoms with Gasteiger partial charge in [0.2, 0.25) is 0 Å². The smallest absolute Gasteiger partial charge is 0.417 e. The van der Waals surface area contributed by atoms with Gasteiger partial charge in [0.1, 0.15) is 5.75 Å². The molecule has 2 nitrogen and oxygen atoms in total. The highest BCUT2D eigenvalue weighted by Crippen LogP contribution is 2.39. The van der Waals surface area contributed by atoms with Crippen LogP contribution in [0, 0.1) is 0 Å². The Bertz CT molecular complexity index is 446. The van der Waals surface area contributed by atoms with Gasteiger partial charge in [0, 0.05) is 0 Å². The summed E-state index contributed by atoms with van der Waals surface area (Å²) in [5, 5.41) is -0.574. The molecule has 0 aliphatic heterocycles. The van der Waals surface area contributed by atoms with E-state index < -0.39 is 23.1 Å². The molecule has 0 amide bonds. The highest BCUT2D eigenvalue weighted by molar-refractivity contribution is 9.09. The van der Waals surface area contributed by atoms with E-state index in [9.17, 15) is 18.0 Å². The summed E-state index contributed by atoms with van der Waals surface area (Å²) < 4.78 is 42.9. The van der Waals surface area contributed by atoms with E-state index in [0.717, 1.165) is 12.1 Å². The van der Waals surface area contributed by atoms with Gasteiger partial charge in [0.05, 0.1) is 28.6 Å². The molecular weight excluding hydrogens is 324 g/mol. The molecule has 0 bridgehead atoms. The third-order valence-corrected chi connectivity index (χ3v) is 2.92. The predicted molar refractivity (Wildman–Crippen MR) is 61.1 cm³/mol. The first kappa shape index (κ1) is 14.3. The zero-order valence-electron chi connectivity index (χ0n) is 8.57. The average Bonchev–Trinajstić information content (AvgIpc) is 2.26. The second-order valence-electron chi connectivity index (χ2n) is 3.06. The Kier molecular flexibility index (Phi) is 4.43. The second kappa shape index (κ2) is 5.27. The number of halogens is 5. The molecule has 1 aromatic rings. The molecule has 0 aromatic heterocycles. The van der Waals surface area contributed by atoms with Crippen LogP contribution in [0.25, 0.3) is 0 Å². The van der Waals surface area contributed by atoms with Gasteiger partial charge in [-0.05, 0) is 12.1 Å². The summed E-state index contributed by atoms with van der Waals surface area (Å²) in [6.45, 7) is 0. The van der Waals surface area contributed by atoms with Crippen molar-refractivity contribution in [3.05, 3.63) is 28.3 Å². The van der Waals surface area contributed by atoms with Crippen LogP contribution in [-0.2, 0) is 6.18 Å². The summed E-state index contributed by atoms with van der Waals surface area (Å²) in [5.41, 5.74) is -1.64. The molecule has 1 aromatic carbocycles. The zero-order valence-corrected chi connectivity index (χ0v) is 10.9. The highest BCUT2D eigenvalue weighted by Gasteiger charge is 2.36. The number of carbonyl (C=O) groups excluding carboxylic acids is 1. The van der Waals surface area contributed by atoms with E-state index in [1.165, 1.54) is 7.11 Å². The number of rotatable bonds is 3. The largest absolute Gasteiger partial charge is 0.495 e. The Morgan fingerprint density at radius 3 is 2.47 bits per heavy atom. The van der Waals surface area contributed by atoms with Gasteiger partial charge >= 0.3 is 6.18 Å². The molecule has 17 heavy (non-hydrogen) atoms. The first-order chi connectivity index (χ1) is 7.82. The molecule has 0 N–H and O–H groups in total. The van der Waals surface area contributed by atoms with Crippen molar-refractivity contribution in [2.75, 3.05) is 12.4 Å². The second-order valence-corrected chi connectivity index (χ2v) is 4.00. The monoisotopic (exact) mass is 330 g/mol. The minimum atomic E-state index is -4.64. The van der Waals surface area contributed by atoms with Gasteiger partial charge in [-0.1, -0.05) is 27.5 Å². The molecule has 0 aliphatic carbocycles. The maximum Gasteiger partial charge on any atom is 0.417 e. The van der Waals surface area contributed by atoms with Gasteiger partial charge in [-0.15, -0.1) is 0 Å². The van der Waals surface area contributed by atoms with Crippen LogP contribution < -0.4 is 4.74 Å². The fourth-order valence-electron chi connectivity index (χ4n) is 1.29. The van der Waals surface area contributed by atoms with Crippen molar-refractivity contribution in [1.82, 2.24) is 0 Å². The molecule has 0 aliphatic rings. The van der Waals surface area contributed by atoms with E-state index in [1.807, 2.05) is 0 Å². The molecule has 0 saturated heterocycles. The predicted octanol–water partition coefficient (Wildman–Crippen LogP) is 3.95. The quantitative estimate of drug-likeness (QED) is 0.619. The molecule has 0 fully saturated rings. The van der Waals surface area contributed by atoms with Crippen molar-refractivity contribution in [3.63, 3.8) is 0 Å². The Hall–Kier alpha value is -0.750. The summed E-state index contributed by atoms with van der Waals surface area (Å²) in [5.74, 6) is -0.717. The molecule has 0 saturated carbocycles. The molecule has 0 spiro atoms. The van der Waals surface area contributed by atoms with Gasteiger partial charge in [-0.3, -0.25) is 4.79 Å². The lowest BCUT2D eigenvalue weighted by atomic mass is 10.0. The van der Waals surface area contributed by atoms with Crippen LogP contribution in [0.3, 0.4) is 0 Å². The van der Waals surface area contributed by atoms with E-state index in [1.54, 1.807) is 0 Å². The molecule has 1 rings (SSSR count). The summed E-state index contributed by atoms with van der Waals surface area (Å²) in [6, 6.07) is 1.86. The van der Waals surface area contributed by atoms with E-state index >= 15 is 0 Å². The van der Waals surface area contributed by atoms with E-state index in [4.69, 9.17) is 16.3 Å². The van der Waals surface area contributed by atoms with Crippen molar-refractivity contribution in [2.45, 2.75) is 6.18 Å². The van der Waals surface area contributed by atoms with E-state index in [2.05, 4.69) is 15.9 Å². The van der Waals surface area contributed by atoms with Gasteiger partial charge in [0.25, 0.3) is 0 Å². The Morgan fingerprint density at radius 1 is 1.47 bits per heavy atom. The van der Waals surface area contributed by atoms with Crippen molar-refractivity contribution in [1.29, 1.82) is 0 Å². The number of carbonyl (C=O) groups is 1. The van der Waals surface area contributed by atoms with Crippen LogP contribution in [0.5, 0.6) is 5.75 Å². The minimum Gasteiger partial charge on any atom is -0.495 e. The van der Waals surface area contributed by atoms with Gasteiger partial charge < -0.3 is 4.74 Å². The molecular formula is C10H7BrClF3O2. The van der Waals surface area contributed by atoms with Crippen LogP contribution in [0.4, 0.5) is 13.2 Å².